The molecule has 106 valence electrons. The fraction of sp³-hybridized carbons (Fsp3) is 0.467. The Balaban J connectivity index is 2.80. The first-order chi connectivity index (χ1) is 9.08. The summed E-state index contributed by atoms with van der Waals surface area (Å²) in [6, 6.07) is 4.20. The van der Waals surface area contributed by atoms with Gasteiger partial charge in [0.15, 0.2) is 11.5 Å². The lowest BCUT2D eigenvalue weighted by molar-refractivity contribution is -0.675. The summed E-state index contributed by atoms with van der Waals surface area (Å²) in [6.45, 7) is 10.7. The van der Waals surface area contributed by atoms with Crippen molar-refractivity contribution in [3.05, 3.63) is 33.9 Å². The van der Waals surface area contributed by atoms with Gasteiger partial charge in [0.2, 0.25) is 0 Å². The van der Waals surface area contributed by atoms with Crippen molar-refractivity contribution in [2.75, 3.05) is 20.3 Å². The lowest BCUT2D eigenvalue weighted by Crippen LogP contribution is -2.83. The van der Waals surface area contributed by atoms with E-state index in [1.165, 1.54) is 5.56 Å². The van der Waals surface area contributed by atoms with Crippen LogP contribution in [0.2, 0.25) is 0 Å². The maximum atomic E-state index is 5.64. The zero-order valence-corrected chi connectivity index (χ0v) is 14.1. The van der Waals surface area contributed by atoms with Gasteiger partial charge in [0.1, 0.15) is 13.2 Å². The molecule has 0 fully saturated rings. The third kappa shape index (κ3) is 5.40. The molecule has 0 radical (unpaired) electrons. The highest BCUT2D eigenvalue weighted by Crippen LogP contribution is 2.33. The van der Waals surface area contributed by atoms with Gasteiger partial charge in [0.25, 0.3) is 0 Å². The van der Waals surface area contributed by atoms with Gasteiger partial charge in [-0.05, 0) is 34.7 Å². The number of rotatable bonds is 8. The second-order valence-corrected chi connectivity index (χ2v) is 5.99. The van der Waals surface area contributed by atoms with E-state index in [1.54, 1.807) is 13.2 Å². The highest BCUT2D eigenvalue weighted by atomic mass is 127. The second-order valence-electron chi connectivity index (χ2n) is 4.83. The lowest BCUT2D eigenvalue weighted by Gasteiger charge is -2.13. The van der Waals surface area contributed by atoms with E-state index < -0.39 is 0 Å². The molecule has 1 rings (SSSR count). The van der Waals surface area contributed by atoms with Crippen LogP contribution >= 0.6 is 22.6 Å². The molecular weight excluding hydrogens is 353 g/mol. The molecule has 0 aliphatic rings. The molecule has 0 aliphatic carbocycles. The zero-order valence-electron chi connectivity index (χ0n) is 11.9. The minimum atomic E-state index is 0.491. The molecule has 0 aliphatic heterocycles. The largest absolute Gasteiger partial charge is 0.493 e. The Morgan fingerprint density at radius 1 is 1.42 bits per heavy atom. The maximum absolute atomic E-state index is 5.64. The predicted molar refractivity (Wildman–Crippen MR) is 86.7 cm³/mol. The lowest BCUT2D eigenvalue weighted by atomic mass is 10.2. The molecular formula is C15H23INO2+. The molecule has 0 amide bonds. The van der Waals surface area contributed by atoms with Crippen molar-refractivity contribution in [3.63, 3.8) is 0 Å². The van der Waals surface area contributed by atoms with Gasteiger partial charge < -0.3 is 14.8 Å². The van der Waals surface area contributed by atoms with Gasteiger partial charge in [-0.25, -0.2) is 0 Å². The van der Waals surface area contributed by atoms with Gasteiger partial charge in [0.05, 0.1) is 17.2 Å². The van der Waals surface area contributed by atoms with Crippen molar-refractivity contribution < 1.29 is 14.8 Å². The van der Waals surface area contributed by atoms with Crippen LogP contribution < -0.4 is 14.8 Å². The molecule has 1 aromatic rings. The number of hydrogen-bond acceptors (Lipinski definition) is 2. The first-order valence-electron chi connectivity index (χ1n) is 6.50. The Kier molecular flexibility index (Phi) is 7.23. The normalized spacial score (nSPS) is 10.6. The molecule has 0 unspecified atom stereocenters. The Morgan fingerprint density at radius 3 is 2.74 bits per heavy atom. The van der Waals surface area contributed by atoms with Crippen molar-refractivity contribution in [2.45, 2.75) is 20.4 Å². The third-order valence-electron chi connectivity index (χ3n) is 2.65. The van der Waals surface area contributed by atoms with Crippen LogP contribution in [-0.2, 0) is 6.54 Å². The number of ether oxygens (including phenoxy) is 2. The van der Waals surface area contributed by atoms with Crippen LogP contribution in [0.3, 0.4) is 0 Å². The minimum absolute atomic E-state index is 0.491. The van der Waals surface area contributed by atoms with Crippen LogP contribution in [0.1, 0.15) is 19.4 Å². The molecule has 0 aromatic heterocycles. The predicted octanol–water partition coefficient (Wildman–Crippen LogP) is 2.58. The van der Waals surface area contributed by atoms with E-state index in [0.717, 1.165) is 28.2 Å². The Bertz CT molecular complexity index is 419. The summed E-state index contributed by atoms with van der Waals surface area (Å²) < 4.78 is 12.1. The highest BCUT2D eigenvalue weighted by molar-refractivity contribution is 14.1. The average Bonchev–Trinajstić information content (AvgIpc) is 2.36. The summed E-state index contributed by atoms with van der Waals surface area (Å²) in [4.78, 5) is 0. The molecule has 0 spiro atoms. The molecule has 0 atom stereocenters. The molecule has 19 heavy (non-hydrogen) atoms. The van der Waals surface area contributed by atoms with E-state index in [4.69, 9.17) is 9.47 Å². The number of methoxy groups -OCH3 is 1. The molecule has 0 saturated carbocycles. The van der Waals surface area contributed by atoms with Gasteiger partial charge in [-0.1, -0.05) is 26.5 Å². The molecule has 2 N–H and O–H groups in total. The van der Waals surface area contributed by atoms with Gasteiger partial charge >= 0.3 is 0 Å². The average molecular weight is 376 g/mol. The molecule has 0 heterocycles. The first kappa shape index (κ1) is 16.3. The summed E-state index contributed by atoms with van der Waals surface area (Å²) in [7, 11) is 1.67. The monoisotopic (exact) mass is 376 g/mol. The summed E-state index contributed by atoms with van der Waals surface area (Å²) in [6.07, 6.45) is 1.74. The molecule has 0 saturated heterocycles. The van der Waals surface area contributed by atoms with Crippen LogP contribution in [0.15, 0.2) is 24.8 Å². The minimum Gasteiger partial charge on any atom is -0.493 e. The number of halogens is 1. The molecule has 1 aromatic carbocycles. The van der Waals surface area contributed by atoms with Crippen molar-refractivity contribution in [3.8, 4) is 11.5 Å². The van der Waals surface area contributed by atoms with Gasteiger partial charge in [-0.3, -0.25) is 0 Å². The Morgan fingerprint density at radius 2 is 2.16 bits per heavy atom. The smallest absolute Gasteiger partial charge is 0.174 e. The van der Waals surface area contributed by atoms with Gasteiger partial charge in [-0.15, -0.1) is 0 Å². The van der Waals surface area contributed by atoms with E-state index in [2.05, 4.69) is 60.5 Å². The first-order valence-corrected chi connectivity index (χ1v) is 7.58. The molecule has 3 nitrogen and oxygen atoms in total. The number of benzene rings is 1. The van der Waals surface area contributed by atoms with Crippen molar-refractivity contribution in [1.82, 2.24) is 0 Å². The zero-order chi connectivity index (χ0) is 14.3. The molecule has 0 bridgehead atoms. The third-order valence-corrected chi connectivity index (χ3v) is 3.45. The Hall–Kier alpha value is -0.750. The topological polar surface area (TPSA) is 35.1 Å². The van der Waals surface area contributed by atoms with Gasteiger partial charge in [-0.2, -0.15) is 0 Å². The molecule has 4 heteroatoms. The number of nitrogens with two attached hydrogens (primary N) is 1. The fourth-order valence-electron chi connectivity index (χ4n) is 1.76. The summed E-state index contributed by atoms with van der Waals surface area (Å²) in [5, 5.41) is 2.32. The van der Waals surface area contributed by atoms with Crippen molar-refractivity contribution >= 4 is 22.6 Å². The summed E-state index contributed by atoms with van der Waals surface area (Å²) in [5.74, 6) is 2.30. The maximum Gasteiger partial charge on any atom is 0.174 e. The van der Waals surface area contributed by atoms with Crippen LogP contribution in [0, 0.1) is 9.49 Å². The standard InChI is InChI=1S/C15H22INO2/c1-5-6-19-15-13(16)7-12(8-14(15)18-4)10-17-9-11(2)3/h5,7-8,11,17H,1,6,9-10H2,2-4H3/p+1. The number of hydrogen-bond donors (Lipinski definition) is 1. The highest BCUT2D eigenvalue weighted by Gasteiger charge is 2.12. The van der Waals surface area contributed by atoms with Crippen LogP contribution in [0.25, 0.3) is 0 Å². The SMILES string of the molecule is C=CCOc1c(I)cc(C[NH2+]CC(C)C)cc1OC. The van der Waals surface area contributed by atoms with Crippen LogP contribution in [0.4, 0.5) is 0 Å². The Labute approximate surface area is 129 Å². The van der Waals surface area contributed by atoms with Crippen molar-refractivity contribution in [2.24, 2.45) is 5.92 Å². The van der Waals surface area contributed by atoms with E-state index in [0.29, 0.717) is 12.5 Å². The van der Waals surface area contributed by atoms with Gasteiger partial charge in [0, 0.05) is 11.5 Å². The van der Waals surface area contributed by atoms with E-state index in [9.17, 15) is 0 Å². The fourth-order valence-corrected chi connectivity index (χ4v) is 2.58. The second kappa shape index (κ2) is 8.43. The number of quaternary nitrogens is 1. The van der Waals surface area contributed by atoms with Crippen molar-refractivity contribution in [1.29, 1.82) is 0 Å². The van der Waals surface area contributed by atoms with Crippen LogP contribution in [-0.4, -0.2) is 20.3 Å². The summed E-state index contributed by atoms with van der Waals surface area (Å²) >= 11 is 2.29. The van der Waals surface area contributed by atoms with E-state index >= 15 is 0 Å². The summed E-state index contributed by atoms with van der Waals surface area (Å²) in [5.41, 5.74) is 1.26. The quantitative estimate of drug-likeness (QED) is 0.559. The van der Waals surface area contributed by atoms with E-state index in [-0.39, 0.29) is 0 Å². The van der Waals surface area contributed by atoms with Crippen LogP contribution in [0.5, 0.6) is 11.5 Å². The van der Waals surface area contributed by atoms with E-state index in [1.807, 2.05) is 0 Å².